The Hall–Kier alpha value is -2.74. The number of carbonyl (C=O) groups is 1. The van der Waals surface area contributed by atoms with Gasteiger partial charge in [-0.05, 0) is 44.7 Å². The minimum absolute atomic E-state index is 0.0651. The number of anilines is 1. The van der Waals surface area contributed by atoms with Crippen LogP contribution in [0, 0.1) is 13.8 Å². The Morgan fingerprint density at radius 2 is 2.07 bits per heavy atom. The summed E-state index contributed by atoms with van der Waals surface area (Å²) in [6.07, 6.45) is 6.11. The van der Waals surface area contributed by atoms with Gasteiger partial charge in [0.1, 0.15) is 16.5 Å². The second-order valence-corrected chi connectivity index (χ2v) is 8.99. The molecule has 1 saturated heterocycles. The van der Waals surface area contributed by atoms with Crippen LogP contribution in [0.5, 0.6) is 0 Å². The van der Waals surface area contributed by atoms with E-state index in [1.54, 1.807) is 6.20 Å². The van der Waals surface area contributed by atoms with E-state index in [9.17, 15) is 9.59 Å². The second kappa shape index (κ2) is 8.95. The van der Waals surface area contributed by atoms with Gasteiger partial charge >= 0.3 is 0 Å². The lowest BCUT2D eigenvalue weighted by molar-refractivity contribution is -0.121. The Labute approximate surface area is 179 Å². The summed E-state index contributed by atoms with van der Waals surface area (Å²) in [5, 5.41) is 3.65. The minimum Gasteiger partial charge on any atom is -0.356 e. The standard InChI is InChI=1S/C22H27N5O2S/c1-14-15(2)30-22-19(14)21(29)25-17(26-22)8-9-18(28)24-13-16-7-6-10-23-20(16)27-11-4-3-5-12-27/h6-7,10H,3-5,8-9,11-13H2,1-2H3,(H,24,28)(H,25,26,29). The number of piperidine rings is 1. The number of nitrogens with one attached hydrogen (secondary N) is 2. The van der Waals surface area contributed by atoms with Crippen molar-refractivity contribution in [1.29, 1.82) is 0 Å². The third-order valence-electron chi connectivity index (χ3n) is 5.68. The second-order valence-electron chi connectivity index (χ2n) is 7.79. The van der Waals surface area contributed by atoms with Gasteiger partial charge in [0.25, 0.3) is 5.56 Å². The van der Waals surface area contributed by atoms with E-state index in [1.165, 1.54) is 30.6 Å². The van der Waals surface area contributed by atoms with Crippen molar-refractivity contribution in [1.82, 2.24) is 20.3 Å². The van der Waals surface area contributed by atoms with Crippen molar-refractivity contribution in [3.05, 3.63) is 50.5 Å². The average Bonchev–Trinajstić information content (AvgIpc) is 3.05. The number of thiophene rings is 1. The molecule has 3 aromatic heterocycles. The van der Waals surface area contributed by atoms with Gasteiger partial charge in [-0.1, -0.05) is 6.07 Å². The van der Waals surface area contributed by atoms with Crippen molar-refractivity contribution in [2.75, 3.05) is 18.0 Å². The van der Waals surface area contributed by atoms with Gasteiger partial charge in [-0.15, -0.1) is 11.3 Å². The summed E-state index contributed by atoms with van der Waals surface area (Å²) >= 11 is 1.52. The normalized spacial score (nSPS) is 14.3. The molecule has 3 aromatic rings. The zero-order valence-electron chi connectivity index (χ0n) is 17.5. The van der Waals surface area contributed by atoms with Crippen LogP contribution < -0.4 is 15.8 Å². The zero-order valence-corrected chi connectivity index (χ0v) is 18.3. The van der Waals surface area contributed by atoms with E-state index >= 15 is 0 Å². The molecule has 0 aliphatic carbocycles. The van der Waals surface area contributed by atoms with Gasteiger partial charge < -0.3 is 15.2 Å². The molecule has 2 N–H and O–H groups in total. The lowest BCUT2D eigenvalue weighted by Crippen LogP contribution is -2.32. The molecule has 0 radical (unpaired) electrons. The Morgan fingerprint density at radius 1 is 1.27 bits per heavy atom. The lowest BCUT2D eigenvalue weighted by Gasteiger charge is -2.29. The SMILES string of the molecule is Cc1sc2nc(CCC(=O)NCc3cccnc3N3CCCCC3)[nH]c(=O)c2c1C. The van der Waals surface area contributed by atoms with Crippen LogP contribution in [0.15, 0.2) is 23.1 Å². The predicted octanol–water partition coefficient (Wildman–Crippen LogP) is 3.24. The van der Waals surface area contributed by atoms with Crippen LogP contribution in [0.1, 0.15) is 47.5 Å². The van der Waals surface area contributed by atoms with Crippen molar-refractivity contribution < 1.29 is 4.79 Å². The summed E-state index contributed by atoms with van der Waals surface area (Å²) < 4.78 is 0. The fourth-order valence-corrected chi connectivity index (χ4v) is 4.94. The molecule has 7 nitrogen and oxygen atoms in total. The average molecular weight is 426 g/mol. The van der Waals surface area contributed by atoms with E-state index in [2.05, 4.69) is 25.2 Å². The maximum Gasteiger partial charge on any atom is 0.259 e. The van der Waals surface area contributed by atoms with Gasteiger partial charge in [0.05, 0.1) is 5.39 Å². The highest BCUT2D eigenvalue weighted by Crippen LogP contribution is 2.26. The van der Waals surface area contributed by atoms with Gasteiger partial charge in [0.15, 0.2) is 0 Å². The summed E-state index contributed by atoms with van der Waals surface area (Å²) in [7, 11) is 0. The number of hydrogen-bond acceptors (Lipinski definition) is 6. The number of rotatable bonds is 6. The number of aryl methyl sites for hydroxylation is 3. The summed E-state index contributed by atoms with van der Waals surface area (Å²) in [5.74, 6) is 1.46. The van der Waals surface area contributed by atoms with Gasteiger partial charge in [0.2, 0.25) is 5.91 Å². The first-order valence-electron chi connectivity index (χ1n) is 10.5. The van der Waals surface area contributed by atoms with E-state index in [-0.39, 0.29) is 17.9 Å². The number of carbonyl (C=O) groups excluding carboxylic acids is 1. The van der Waals surface area contributed by atoms with Crippen LogP contribution in [0.3, 0.4) is 0 Å². The fraction of sp³-hybridized carbons (Fsp3) is 0.455. The highest BCUT2D eigenvalue weighted by Gasteiger charge is 2.16. The summed E-state index contributed by atoms with van der Waals surface area (Å²) in [4.78, 5) is 40.9. The largest absolute Gasteiger partial charge is 0.356 e. The molecule has 0 saturated carbocycles. The van der Waals surface area contributed by atoms with Crippen molar-refractivity contribution >= 4 is 33.3 Å². The predicted molar refractivity (Wildman–Crippen MR) is 120 cm³/mol. The number of fused-ring (bicyclic) bond motifs is 1. The summed E-state index contributed by atoms with van der Waals surface area (Å²) in [6.45, 7) is 6.41. The number of aromatic amines is 1. The lowest BCUT2D eigenvalue weighted by atomic mass is 10.1. The molecule has 0 aromatic carbocycles. The number of nitrogens with zero attached hydrogens (tertiary/aromatic N) is 3. The van der Waals surface area contributed by atoms with Gasteiger partial charge in [-0.3, -0.25) is 9.59 Å². The number of aromatic nitrogens is 3. The molecule has 0 bridgehead atoms. The molecule has 1 amide bonds. The van der Waals surface area contributed by atoms with Crippen molar-refractivity contribution in [3.63, 3.8) is 0 Å². The zero-order chi connectivity index (χ0) is 21.1. The number of pyridine rings is 1. The van der Waals surface area contributed by atoms with Crippen molar-refractivity contribution in [3.8, 4) is 0 Å². The van der Waals surface area contributed by atoms with Crippen molar-refractivity contribution in [2.45, 2.75) is 52.5 Å². The number of amides is 1. The van der Waals surface area contributed by atoms with E-state index < -0.39 is 0 Å². The number of H-pyrrole nitrogens is 1. The highest BCUT2D eigenvalue weighted by atomic mass is 32.1. The van der Waals surface area contributed by atoms with E-state index in [0.29, 0.717) is 24.2 Å². The van der Waals surface area contributed by atoms with Crippen LogP contribution in [0.4, 0.5) is 5.82 Å². The van der Waals surface area contributed by atoms with Gasteiger partial charge in [-0.25, -0.2) is 9.97 Å². The molecule has 1 aliphatic rings. The van der Waals surface area contributed by atoms with Gasteiger partial charge in [0, 0.05) is 49.1 Å². The van der Waals surface area contributed by atoms with Crippen LogP contribution in [-0.2, 0) is 17.8 Å². The smallest absolute Gasteiger partial charge is 0.259 e. The number of hydrogen-bond donors (Lipinski definition) is 2. The van der Waals surface area contributed by atoms with Crippen LogP contribution in [-0.4, -0.2) is 33.9 Å². The maximum absolute atomic E-state index is 12.4. The van der Waals surface area contributed by atoms with Crippen LogP contribution >= 0.6 is 11.3 Å². The topological polar surface area (TPSA) is 91.0 Å². The molecule has 4 rings (SSSR count). The Balaban J connectivity index is 1.37. The molecule has 0 unspecified atom stereocenters. The molecule has 0 atom stereocenters. The minimum atomic E-state index is -0.126. The molecular weight excluding hydrogens is 398 g/mol. The molecular formula is C22H27N5O2S. The Kier molecular flexibility index (Phi) is 6.13. The molecule has 1 fully saturated rings. The molecule has 4 heterocycles. The summed E-state index contributed by atoms with van der Waals surface area (Å²) in [5.41, 5.74) is 1.89. The third kappa shape index (κ3) is 4.38. The first-order valence-corrected chi connectivity index (χ1v) is 11.3. The van der Waals surface area contributed by atoms with Crippen LogP contribution in [0.25, 0.3) is 10.2 Å². The van der Waals surface area contributed by atoms with Crippen molar-refractivity contribution in [2.24, 2.45) is 0 Å². The fourth-order valence-electron chi connectivity index (χ4n) is 3.89. The molecule has 8 heteroatoms. The first-order chi connectivity index (χ1) is 14.5. The molecule has 158 valence electrons. The van der Waals surface area contributed by atoms with E-state index in [0.717, 1.165) is 39.7 Å². The van der Waals surface area contributed by atoms with Crippen LogP contribution in [0.2, 0.25) is 0 Å². The Bertz CT molecular complexity index is 1110. The van der Waals surface area contributed by atoms with E-state index in [1.807, 2.05) is 26.0 Å². The third-order valence-corrected chi connectivity index (χ3v) is 6.78. The molecule has 30 heavy (non-hydrogen) atoms. The molecule has 0 spiro atoms. The Morgan fingerprint density at radius 3 is 2.87 bits per heavy atom. The maximum atomic E-state index is 12.4. The van der Waals surface area contributed by atoms with Gasteiger partial charge in [-0.2, -0.15) is 0 Å². The van der Waals surface area contributed by atoms with E-state index in [4.69, 9.17) is 0 Å². The summed E-state index contributed by atoms with van der Waals surface area (Å²) in [6, 6.07) is 3.93. The monoisotopic (exact) mass is 425 g/mol. The first kappa shape index (κ1) is 20.5. The quantitative estimate of drug-likeness (QED) is 0.633. The highest BCUT2D eigenvalue weighted by molar-refractivity contribution is 7.18. The molecule has 1 aliphatic heterocycles.